The molecule has 128 valence electrons. The molecule has 1 heterocycles. The predicted molar refractivity (Wildman–Crippen MR) is 94.2 cm³/mol. The molecule has 1 aliphatic carbocycles. The SMILES string of the molecule is N#CC(C(=O)c1ccccc1)c1ccc(=O)n(CC2CCCCC2)n1. The number of carbonyl (C=O) groups is 1. The molecule has 2 aromatic rings. The topological polar surface area (TPSA) is 75.8 Å². The molecule has 5 heteroatoms. The molecule has 0 N–H and O–H groups in total. The molecule has 0 amide bonds. The minimum Gasteiger partial charge on any atom is -0.292 e. The van der Waals surface area contributed by atoms with Gasteiger partial charge in [-0.25, -0.2) is 4.68 Å². The number of hydrogen-bond acceptors (Lipinski definition) is 4. The summed E-state index contributed by atoms with van der Waals surface area (Å²) in [5, 5.41) is 13.8. The smallest absolute Gasteiger partial charge is 0.266 e. The van der Waals surface area contributed by atoms with Gasteiger partial charge in [0.2, 0.25) is 0 Å². The first kappa shape index (κ1) is 17.1. The number of benzene rings is 1. The van der Waals surface area contributed by atoms with E-state index in [0.717, 1.165) is 12.8 Å². The number of carbonyl (C=O) groups excluding carboxylic acids is 1. The summed E-state index contributed by atoms with van der Waals surface area (Å²) in [7, 11) is 0. The van der Waals surface area contributed by atoms with E-state index in [4.69, 9.17) is 0 Å². The molecule has 1 aromatic carbocycles. The molecule has 0 radical (unpaired) electrons. The number of Topliss-reactive ketones (excluding diaryl/α,β-unsaturated/α-hetero) is 1. The van der Waals surface area contributed by atoms with E-state index in [0.29, 0.717) is 23.7 Å². The fraction of sp³-hybridized carbons (Fsp3) is 0.400. The lowest BCUT2D eigenvalue weighted by molar-refractivity contribution is 0.0976. The van der Waals surface area contributed by atoms with Gasteiger partial charge >= 0.3 is 0 Å². The summed E-state index contributed by atoms with van der Waals surface area (Å²) in [6.45, 7) is 0.560. The molecular weight excluding hydrogens is 314 g/mol. The van der Waals surface area contributed by atoms with Crippen molar-refractivity contribution in [1.29, 1.82) is 5.26 Å². The quantitative estimate of drug-likeness (QED) is 0.786. The van der Waals surface area contributed by atoms with Crippen molar-refractivity contribution in [3.05, 3.63) is 64.1 Å². The van der Waals surface area contributed by atoms with Crippen molar-refractivity contribution in [3.8, 4) is 6.07 Å². The van der Waals surface area contributed by atoms with E-state index in [1.807, 2.05) is 12.1 Å². The summed E-state index contributed by atoms with van der Waals surface area (Å²) in [6, 6.07) is 13.7. The minimum absolute atomic E-state index is 0.182. The zero-order valence-electron chi connectivity index (χ0n) is 14.1. The Labute approximate surface area is 146 Å². The first-order chi connectivity index (χ1) is 12.2. The van der Waals surface area contributed by atoms with Crippen LogP contribution in [0.1, 0.15) is 54.1 Å². The Kier molecular flexibility index (Phi) is 5.39. The molecule has 1 fully saturated rings. The fourth-order valence-corrected chi connectivity index (χ4v) is 3.39. The largest absolute Gasteiger partial charge is 0.292 e. The maximum absolute atomic E-state index is 12.6. The fourth-order valence-electron chi connectivity index (χ4n) is 3.39. The molecule has 0 bridgehead atoms. The van der Waals surface area contributed by atoms with Gasteiger partial charge in [-0.15, -0.1) is 0 Å². The Morgan fingerprint density at radius 3 is 2.56 bits per heavy atom. The average molecular weight is 335 g/mol. The number of hydrogen-bond donors (Lipinski definition) is 0. The highest BCUT2D eigenvalue weighted by Crippen LogP contribution is 2.24. The molecule has 1 atom stereocenters. The normalized spacial score (nSPS) is 16.1. The van der Waals surface area contributed by atoms with Crippen LogP contribution < -0.4 is 5.56 Å². The van der Waals surface area contributed by atoms with Crippen molar-refractivity contribution in [1.82, 2.24) is 9.78 Å². The molecule has 0 saturated heterocycles. The Balaban J connectivity index is 1.85. The van der Waals surface area contributed by atoms with Crippen LogP contribution >= 0.6 is 0 Å². The van der Waals surface area contributed by atoms with Gasteiger partial charge in [0.25, 0.3) is 5.56 Å². The van der Waals surface area contributed by atoms with Crippen molar-refractivity contribution in [2.75, 3.05) is 0 Å². The van der Waals surface area contributed by atoms with Crippen LogP contribution in [0.4, 0.5) is 0 Å². The maximum Gasteiger partial charge on any atom is 0.266 e. The van der Waals surface area contributed by atoms with E-state index in [2.05, 4.69) is 5.10 Å². The van der Waals surface area contributed by atoms with E-state index >= 15 is 0 Å². The third-order valence-electron chi connectivity index (χ3n) is 4.79. The highest BCUT2D eigenvalue weighted by atomic mass is 16.1. The zero-order valence-corrected chi connectivity index (χ0v) is 14.1. The van der Waals surface area contributed by atoms with Crippen LogP contribution in [-0.2, 0) is 6.54 Å². The van der Waals surface area contributed by atoms with E-state index in [1.165, 1.54) is 36.1 Å². The highest BCUT2D eigenvalue weighted by molar-refractivity contribution is 6.02. The summed E-state index contributed by atoms with van der Waals surface area (Å²) in [5.74, 6) is -0.848. The van der Waals surface area contributed by atoms with Crippen LogP contribution in [-0.4, -0.2) is 15.6 Å². The Bertz CT molecular complexity index is 830. The van der Waals surface area contributed by atoms with Gasteiger partial charge in [-0.2, -0.15) is 10.4 Å². The Morgan fingerprint density at radius 2 is 1.88 bits per heavy atom. The van der Waals surface area contributed by atoms with Crippen LogP contribution in [0.3, 0.4) is 0 Å². The van der Waals surface area contributed by atoms with Gasteiger partial charge in [-0.1, -0.05) is 49.6 Å². The van der Waals surface area contributed by atoms with Crippen LogP contribution in [0.15, 0.2) is 47.3 Å². The van der Waals surface area contributed by atoms with Gasteiger partial charge in [0, 0.05) is 18.2 Å². The maximum atomic E-state index is 12.6. The van der Waals surface area contributed by atoms with E-state index in [-0.39, 0.29) is 11.3 Å². The lowest BCUT2D eigenvalue weighted by Gasteiger charge is -2.22. The van der Waals surface area contributed by atoms with Crippen molar-refractivity contribution >= 4 is 5.78 Å². The van der Waals surface area contributed by atoms with Gasteiger partial charge in [-0.3, -0.25) is 9.59 Å². The highest BCUT2D eigenvalue weighted by Gasteiger charge is 2.24. The zero-order chi connectivity index (χ0) is 17.6. The number of nitrogens with zero attached hydrogens (tertiary/aromatic N) is 3. The van der Waals surface area contributed by atoms with Crippen molar-refractivity contribution in [2.45, 2.75) is 44.6 Å². The lowest BCUT2D eigenvalue weighted by Crippen LogP contribution is -2.29. The molecule has 1 aliphatic rings. The Morgan fingerprint density at radius 1 is 1.16 bits per heavy atom. The second-order valence-electron chi connectivity index (χ2n) is 6.57. The standard InChI is InChI=1S/C20H21N3O2/c21-13-17(20(25)16-9-5-2-6-10-16)18-11-12-19(24)23(22-18)14-15-7-3-1-4-8-15/h2,5-6,9-12,15,17H,1,3-4,7-8,14H2. The average Bonchev–Trinajstić information content (AvgIpc) is 2.66. The van der Waals surface area contributed by atoms with E-state index in [9.17, 15) is 14.9 Å². The molecule has 3 rings (SSSR count). The van der Waals surface area contributed by atoms with Gasteiger partial charge in [-0.05, 0) is 24.8 Å². The van der Waals surface area contributed by atoms with Crippen molar-refractivity contribution in [2.24, 2.45) is 5.92 Å². The molecule has 0 spiro atoms. The summed E-state index contributed by atoms with van der Waals surface area (Å²) in [5.41, 5.74) is 0.630. The number of rotatable bonds is 5. The monoisotopic (exact) mass is 335 g/mol. The number of nitriles is 1. The summed E-state index contributed by atoms with van der Waals surface area (Å²) < 4.78 is 1.42. The lowest BCUT2D eigenvalue weighted by atomic mass is 9.89. The third kappa shape index (κ3) is 4.03. The van der Waals surface area contributed by atoms with Crippen LogP contribution in [0.5, 0.6) is 0 Å². The van der Waals surface area contributed by atoms with Crippen LogP contribution in [0.2, 0.25) is 0 Å². The summed E-state index contributed by atoms with van der Waals surface area (Å²) in [4.78, 5) is 24.7. The van der Waals surface area contributed by atoms with Gasteiger partial charge < -0.3 is 0 Å². The molecule has 5 nitrogen and oxygen atoms in total. The van der Waals surface area contributed by atoms with E-state index < -0.39 is 5.92 Å². The number of ketones is 1. The van der Waals surface area contributed by atoms with Gasteiger partial charge in [0.15, 0.2) is 11.7 Å². The predicted octanol–water partition coefficient (Wildman–Crippen LogP) is 3.31. The molecule has 1 unspecified atom stereocenters. The van der Waals surface area contributed by atoms with Gasteiger partial charge in [0.1, 0.15) is 0 Å². The molecule has 1 aromatic heterocycles. The van der Waals surface area contributed by atoms with Crippen molar-refractivity contribution in [3.63, 3.8) is 0 Å². The third-order valence-corrected chi connectivity index (χ3v) is 4.79. The second kappa shape index (κ2) is 7.89. The van der Waals surface area contributed by atoms with Crippen LogP contribution in [0, 0.1) is 17.2 Å². The molecule has 1 saturated carbocycles. The molecule has 0 aliphatic heterocycles. The summed E-state index contributed by atoms with van der Waals surface area (Å²) >= 11 is 0. The Hall–Kier alpha value is -2.74. The first-order valence-electron chi connectivity index (χ1n) is 8.76. The van der Waals surface area contributed by atoms with E-state index in [1.54, 1.807) is 24.3 Å². The molecule has 25 heavy (non-hydrogen) atoms. The summed E-state index contributed by atoms with van der Waals surface area (Å²) in [6.07, 6.45) is 5.83. The van der Waals surface area contributed by atoms with Crippen LogP contribution in [0.25, 0.3) is 0 Å². The first-order valence-corrected chi connectivity index (χ1v) is 8.76. The van der Waals surface area contributed by atoms with Gasteiger partial charge in [0.05, 0.1) is 11.8 Å². The number of aromatic nitrogens is 2. The van der Waals surface area contributed by atoms with Crippen molar-refractivity contribution < 1.29 is 4.79 Å². The second-order valence-corrected chi connectivity index (χ2v) is 6.57. The molecular formula is C20H21N3O2. The minimum atomic E-state index is -0.999.